The molecule has 0 bridgehead atoms. The highest BCUT2D eigenvalue weighted by Crippen LogP contribution is 1.87. The normalized spacial score (nSPS) is 11.0. The molecule has 0 aromatic carbocycles. The Labute approximate surface area is 83.4 Å². The molecule has 0 saturated heterocycles. The highest BCUT2D eigenvalue weighted by Gasteiger charge is 2.01. The van der Waals surface area contributed by atoms with Gasteiger partial charge in [0.2, 0.25) is 10.4 Å². The molecule has 0 atom stereocenters. The lowest BCUT2D eigenvalue weighted by Gasteiger charge is -2.01. The second-order valence-electron chi connectivity index (χ2n) is 2.47. The van der Waals surface area contributed by atoms with Crippen molar-refractivity contribution in [2.45, 2.75) is 18.9 Å². The van der Waals surface area contributed by atoms with E-state index in [1.807, 2.05) is 0 Å². The highest BCUT2D eigenvalue weighted by atomic mass is 32.3. The Morgan fingerprint density at radius 3 is 1.79 bits per heavy atom. The van der Waals surface area contributed by atoms with E-state index >= 15 is 0 Å². The molecule has 0 aliphatic heterocycles. The third-order valence-electron chi connectivity index (χ3n) is 1.28. The van der Waals surface area contributed by atoms with Crippen molar-refractivity contribution in [2.75, 3.05) is 20.3 Å². The van der Waals surface area contributed by atoms with Gasteiger partial charge in [-0.15, -0.1) is 0 Å². The van der Waals surface area contributed by atoms with Gasteiger partial charge in [0.15, 0.2) is 0 Å². The molecule has 0 heterocycles. The number of quaternary nitrogens is 1. The minimum absolute atomic E-state index is 0.175. The molecule has 0 spiro atoms. The summed E-state index contributed by atoms with van der Waals surface area (Å²) < 4.78 is 31.0. The summed E-state index contributed by atoms with van der Waals surface area (Å²) in [6.45, 7) is 0.350. The zero-order valence-corrected chi connectivity index (χ0v) is 8.87. The first-order valence-corrected chi connectivity index (χ1v) is 5.27. The third kappa shape index (κ3) is 17.7. The smallest absolute Gasteiger partial charge is 0.217 e. The summed E-state index contributed by atoms with van der Waals surface area (Å²) in [5.41, 5.74) is 3.70. The van der Waals surface area contributed by atoms with Crippen LogP contribution in [-0.2, 0) is 14.6 Å². The first-order valence-electron chi connectivity index (χ1n) is 3.93. The summed E-state index contributed by atoms with van der Waals surface area (Å²) >= 11 is 0. The van der Waals surface area contributed by atoms with E-state index in [4.69, 9.17) is 10.2 Å². The molecule has 0 radical (unpaired) electrons. The minimum atomic E-state index is -4.41. The molecule has 0 aliphatic rings. The van der Waals surface area contributed by atoms with Crippen LogP contribution in [0.25, 0.3) is 0 Å². The van der Waals surface area contributed by atoms with Crippen LogP contribution in [-0.4, -0.2) is 49.5 Å². The van der Waals surface area contributed by atoms with Gasteiger partial charge < -0.3 is 20.5 Å². The lowest BCUT2D eigenvalue weighted by molar-refractivity contribution is -0.424. The first kappa shape index (κ1) is 16.2. The third-order valence-corrected chi connectivity index (χ3v) is 1.69. The summed E-state index contributed by atoms with van der Waals surface area (Å²) in [4.78, 5) is 0. The number of rotatable bonds is 5. The Morgan fingerprint density at radius 2 is 1.64 bits per heavy atom. The molecule has 0 aromatic heterocycles. The molecule has 14 heavy (non-hydrogen) atoms. The van der Waals surface area contributed by atoms with Gasteiger partial charge in [-0.05, 0) is 0 Å². The average Bonchev–Trinajstić information content (AvgIpc) is 2.05. The van der Waals surface area contributed by atoms with Gasteiger partial charge >= 0.3 is 0 Å². The predicted molar refractivity (Wildman–Crippen MR) is 46.8 cm³/mol. The molecule has 0 rings (SSSR count). The molecule has 0 saturated carbocycles. The molecular weight excluding hydrogens is 214 g/mol. The molecular formula is C6H17NO6S. The molecule has 0 fully saturated rings. The van der Waals surface area contributed by atoms with Crippen LogP contribution >= 0.6 is 0 Å². The summed E-state index contributed by atoms with van der Waals surface area (Å²) in [5.74, 6) is 0. The van der Waals surface area contributed by atoms with Gasteiger partial charge in [-0.2, -0.15) is 0 Å². The minimum Gasteiger partial charge on any atom is -0.726 e. The van der Waals surface area contributed by atoms with Crippen molar-refractivity contribution < 1.29 is 33.1 Å². The summed E-state index contributed by atoms with van der Waals surface area (Å²) in [5, 5.41) is 16.7. The Hall–Kier alpha value is -0.250. The van der Waals surface area contributed by atoms with E-state index in [2.05, 4.69) is 9.92 Å². The lowest BCUT2D eigenvalue weighted by atomic mass is 10.2. The van der Waals surface area contributed by atoms with E-state index < -0.39 is 10.4 Å². The van der Waals surface area contributed by atoms with Crippen LogP contribution in [0, 0.1) is 0 Å². The summed E-state index contributed by atoms with van der Waals surface area (Å²) in [6.07, 6.45) is 1.39. The molecule has 0 aliphatic carbocycles. The van der Waals surface area contributed by atoms with Crippen molar-refractivity contribution in [3.05, 3.63) is 0 Å². The molecule has 5 N–H and O–H groups in total. The fraction of sp³-hybridized carbons (Fsp3) is 1.00. The molecule has 0 unspecified atom stereocenters. The van der Waals surface area contributed by atoms with Crippen LogP contribution in [0.15, 0.2) is 0 Å². The monoisotopic (exact) mass is 231 g/mol. The van der Waals surface area contributed by atoms with Crippen LogP contribution in [0.4, 0.5) is 0 Å². The Balaban J connectivity index is 0. The Bertz CT molecular complexity index is 198. The van der Waals surface area contributed by atoms with Crippen molar-refractivity contribution in [3.63, 3.8) is 0 Å². The van der Waals surface area contributed by atoms with Crippen LogP contribution < -0.4 is 5.73 Å². The number of aliphatic hydroxyl groups is 2. The maximum absolute atomic E-state index is 9.22. The maximum Gasteiger partial charge on any atom is 0.217 e. The molecule has 0 amide bonds. The van der Waals surface area contributed by atoms with Crippen LogP contribution in [0.3, 0.4) is 0 Å². The van der Waals surface area contributed by atoms with Gasteiger partial charge in [-0.1, -0.05) is 0 Å². The molecule has 88 valence electrons. The zero-order chi connectivity index (χ0) is 11.6. The second kappa shape index (κ2) is 9.31. The number of hydrogen-bond donors (Lipinski definition) is 3. The topological polar surface area (TPSA) is 135 Å². The van der Waals surface area contributed by atoms with Crippen molar-refractivity contribution in [2.24, 2.45) is 0 Å². The molecule has 0 aromatic rings. The van der Waals surface area contributed by atoms with Crippen molar-refractivity contribution in [1.29, 1.82) is 0 Å². The second-order valence-corrected chi connectivity index (χ2v) is 3.62. The quantitative estimate of drug-likeness (QED) is 0.352. The van der Waals surface area contributed by atoms with E-state index in [1.54, 1.807) is 0 Å². The van der Waals surface area contributed by atoms with E-state index in [9.17, 15) is 13.0 Å². The number of hydrogen-bond acceptors (Lipinski definition) is 6. The zero-order valence-electron chi connectivity index (χ0n) is 8.05. The van der Waals surface area contributed by atoms with Crippen LogP contribution in [0.1, 0.15) is 12.8 Å². The van der Waals surface area contributed by atoms with Crippen LogP contribution in [0.2, 0.25) is 0 Å². The maximum atomic E-state index is 9.22. The first-order chi connectivity index (χ1) is 6.37. The van der Waals surface area contributed by atoms with E-state index in [-0.39, 0.29) is 19.3 Å². The van der Waals surface area contributed by atoms with Gasteiger partial charge in [0.25, 0.3) is 0 Å². The van der Waals surface area contributed by atoms with Gasteiger partial charge in [-0.3, -0.25) is 4.18 Å². The van der Waals surface area contributed by atoms with E-state index in [1.165, 1.54) is 0 Å². The van der Waals surface area contributed by atoms with E-state index in [0.29, 0.717) is 12.8 Å². The SMILES string of the molecule is COS(=O)(=O)[O-].[NH3+]C(CCO)CCO. The van der Waals surface area contributed by atoms with Crippen molar-refractivity contribution >= 4 is 10.4 Å². The summed E-state index contributed by atoms with van der Waals surface area (Å²) in [7, 11) is -3.60. The molecule has 7 nitrogen and oxygen atoms in total. The molecule has 8 heteroatoms. The van der Waals surface area contributed by atoms with Crippen molar-refractivity contribution in [1.82, 2.24) is 0 Å². The predicted octanol–water partition coefficient (Wildman–Crippen LogP) is -2.55. The Morgan fingerprint density at radius 1 is 1.36 bits per heavy atom. The van der Waals surface area contributed by atoms with Crippen molar-refractivity contribution in [3.8, 4) is 0 Å². The van der Waals surface area contributed by atoms with Crippen LogP contribution in [0.5, 0.6) is 0 Å². The van der Waals surface area contributed by atoms with Gasteiger partial charge in [0.05, 0.1) is 13.2 Å². The van der Waals surface area contributed by atoms with Gasteiger partial charge in [0, 0.05) is 26.1 Å². The van der Waals surface area contributed by atoms with Gasteiger partial charge in [-0.25, -0.2) is 8.42 Å². The summed E-state index contributed by atoms with van der Waals surface area (Å²) in [6, 6.07) is 0.213. The fourth-order valence-electron chi connectivity index (χ4n) is 0.509. The largest absolute Gasteiger partial charge is 0.726 e. The Kier molecular flexibility index (Phi) is 10.8. The fourth-order valence-corrected chi connectivity index (χ4v) is 0.509. The van der Waals surface area contributed by atoms with E-state index in [0.717, 1.165) is 7.11 Å². The number of aliphatic hydroxyl groups excluding tert-OH is 2. The lowest BCUT2D eigenvalue weighted by Crippen LogP contribution is -2.61. The van der Waals surface area contributed by atoms with Gasteiger partial charge in [0.1, 0.15) is 0 Å². The standard InChI is InChI=1S/C5H13NO2.CH4O4S/c6-5(1-3-7)2-4-8;1-5-6(2,3)4/h5,7-8H,1-4,6H2;1H3,(H,2,3,4). The average molecular weight is 231 g/mol. The highest BCUT2D eigenvalue weighted by molar-refractivity contribution is 7.80.